The van der Waals surface area contributed by atoms with Gasteiger partial charge in [-0.2, -0.15) is 5.26 Å². The molecule has 0 saturated carbocycles. The normalized spacial score (nSPS) is 16.7. The molecule has 1 saturated heterocycles. The largest absolute Gasteiger partial charge is 0.351 e. The van der Waals surface area contributed by atoms with Crippen LogP contribution in [0.15, 0.2) is 89.5 Å². The summed E-state index contributed by atoms with van der Waals surface area (Å²) < 4.78 is 0. The van der Waals surface area contributed by atoms with Gasteiger partial charge < -0.3 is 5.32 Å². The number of anilines is 1. The Hall–Kier alpha value is -3.82. The Morgan fingerprint density at radius 3 is 2.20 bits per heavy atom. The highest BCUT2D eigenvalue weighted by Gasteiger charge is 2.40. The molecule has 1 aliphatic rings. The summed E-state index contributed by atoms with van der Waals surface area (Å²) in [4.78, 5) is 28.1. The molecule has 1 aliphatic heterocycles. The van der Waals surface area contributed by atoms with Gasteiger partial charge in [0.2, 0.25) is 5.91 Å². The topological polar surface area (TPSA) is 73.2 Å². The third-order valence-corrected chi connectivity index (χ3v) is 7.14. The fourth-order valence-corrected chi connectivity index (χ4v) is 5.22. The van der Waals surface area contributed by atoms with E-state index in [1.165, 1.54) is 16.7 Å². The highest BCUT2D eigenvalue weighted by molar-refractivity contribution is 8.05. The smallest absolute Gasteiger partial charge is 0.264 e. The van der Waals surface area contributed by atoms with Crippen LogP contribution in [0.2, 0.25) is 0 Å². The molecule has 1 atom stereocenters. The van der Waals surface area contributed by atoms with Crippen molar-refractivity contribution in [2.45, 2.75) is 31.9 Å². The van der Waals surface area contributed by atoms with E-state index in [0.29, 0.717) is 30.1 Å². The maximum Gasteiger partial charge on any atom is 0.264 e. The van der Waals surface area contributed by atoms with E-state index >= 15 is 0 Å². The van der Waals surface area contributed by atoms with E-state index in [9.17, 15) is 14.9 Å². The number of benzene rings is 3. The summed E-state index contributed by atoms with van der Waals surface area (Å²) in [5.74, 6) is -0.592. The van der Waals surface area contributed by atoms with Gasteiger partial charge in [0.1, 0.15) is 16.7 Å². The number of carbonyl (C=O) groups excluding carboxylic acids is 2. The number of carbonyl (C=O) groups is 2. The van der Waals surface area contributed by atoms with E-state index in [2.05, 4.69) is 11.4 Å². The molecular formula is C29H27N3O2S. The number of aryl methyl sites for hydroxylation is 2. The number of hydrogen-bond donors (Lipinski definition) is 1. The first kappa shape index (κ1) is 24.3. The minimum absolute atomic E-state index is 0.0385. The van der Waals surface area contributed by atoms with Crippen LogP contribution < -0.4 is 10.2 Å². The van der Waals surface area contributed by atoms with Crippen LogP contribution >= 0.6 is 11.8 Å². The molecule has 0 aliphatic carbocycles. The zero-order chi connectivity index (χ0) is 24.8. The average Bonchev–Trinajstić information content (AvgIpc) is 3.17. The Balaban J connectivity index is 1.61. The number of hydrogen-bond acceptors (Lipinski definition) is 4. The lowest BCUT2D eigenvalue weighted by atomic mass is 10.1. The second-order valence-corrected chi connectivity index (χ2v) is 9.78. The van der Waals surface area contributed by atoms with E-state index in [4.69, 9.17) is 0 Å². The minimum Gasteiger partial charge on any atom is -0.351 e. The molecule has 4 rings (SSSR count). The molecule has 1 unspecified atom stereocenters. The van der Waals surface area contributed by atoms with Gasteiger partial charge in [-0.3, -0.25) is 14.5 Å². The first-order valence-electron chi connectivity index (χ1n) is 11.6. The summed E-state index contributed by atoms with van der Waals surface area (Å²) in [6.45, 7) is 4.40. The van der Waals surface area contributed by atoms with Gasteiger partial charge in [-0.05, 0) is 49.9 Å². The maximum absolute atomic E-state index is 13.5. The number of nitrogens with one attached hydrogen (secondary N) is 1. The van der Waals surface area contributed by atoms with Crippen molar-refractivity contribution in [3.8, 4) is 6.07 Å². The highest BCUT2D eigenvalue weighted by atomic mass is 32.2. The van der Waals surface area contributed by atoms with Crippen LogP contribution in [0.4, 0.5) is 5.69 Å². The van der Waals surface area contributed by atoms with Crippen molar-refractivity contribution in [2.75, 3.05) is 11.4 Å². The van der Waals surface area contributed by atoms with Crippen molar-refractivity contribution in [1.29, 1.82) is 5.26 Å². The lowest BCUT2D eigenvalue weighted by Gasteiger charge is -2.19. The summed E-state index contributed by atoms with van der Waals surface area (Å²) in [5.41, 5.74) is 4.97. The Bertz CT molecular complexity index is 1280. The Morgan fingerprint density at radius 1 is 0.943 bits per heavy atom. The van der Waals surface area contributed by atoms with Crippen molar-refractivity contribution < 1.29 is 9.59 Å². The highest BCUT2D eigenvalue weighted by Crippen LogP contribution is 2.42. The van der Waals surface area contributed by atoms with Gasteiger partial charge >= 0.3 is 0 Å². The SMILES string of the molecule is Cc1ccc(CC2S/C(=C(/C#N)C(=O)NCCc3ccccc3)N(c3ccc(C)cc3)C2=O)cc1. The van der Waals surface area contributed by atoms with Gasteiger partial charge in [0.05, 0.1) is 5.25 Å². The molecule has 1 heterocycles. The predicted molar refractivity (Wildman–Crippen MR) is 141 cm³/mol. The van der Waals surface area contributed by atoms with Crippen LogP contribution in [0.3, 0.4) is 0 Å². The zero-order valence-electron chi connectivity index (χ0n) is 19.8. The molecule has 176 valence electrons. The molecule has 2 amide bonds. The van der Waals surface area contributed by atoms with Gasteiger partial charge in [-0.1, -0.05) is 89.6 Å². The Morgan fingerprint density at radius 2 is 1.57 bits per heavy atom. The number of rotatable bonds is 7. The summed E-state index contributed by atoms with van der Waals surface area (Å²) in [6.07, 6.45) is 1.17. The monoisotopic (exact) mass is 481 g/mol. The zero-order valence-corrected chi connectivity index (χ0v) is 20.6. The molecule has 1 N–H and O–H groups in total. The lowest BCUT2D eigenvalue weighted by Crippen LogP contribution is -2.32. The van der Waals surface area contributed by atoms with Crippen LogP contribution in [-0.2, 0) is 22.4 Å². The predicted octanol–water partition coefficient (Wildman–Crippen LogP) is 5.09. The van der Waals surface area contributed by atoms with Crippen LogP contribution in [0.25, 0.3) is 0 Å². The molecule has 3 aromatic carbocycles. The third-order valence-electron chi connectivity index (χ3n) is 5.88. The fraction of sp³-hybridized carbons (Fsp3) is 0.207. The molecule has 1 fully saturated rings. The fourth-order valence-electron chi connectivity index (χ4n) is 3.91. The van der Waals surface area contributed by atoms with E-state index in [1.54, 1.807) is 0 Å². The van der Waals surface area contributed by atoms with E-state index in [0.717, 1.165) is 22.3 Å². The molecule has 35 heavy (non-hydrogen) atoms. The standard InChI is InChI=1S/C29H27N3O2S/c1-20-8-12-23(13-9-20)18-26-28(34)32(24-14-10-21(2)11-15-24)29(35-26)25(19-30)27(33)31-17-16-22-6-4-3-5-7-22/h3-15,26H,16-18H2,1-2H3,(H,31,33)/b29-25-. The summed E-state index contributed by atoms with van der Waals surface area (Å²) in [6, 6.07) is 27.5. The van der Waals surface area contributed by atoms with Crippen LogP contribution in [0, 0.1) is 25.2 Å². The average molecular weight is 482 g/mol. The molecular weight excluding hydrogens is 454 g/mol. The number of nitriles is 1. The molecule has 0 bridgehead atoms. The van der Waals surface area contributed by atoms with Crippen molar-refractivity contribution >= 4 is 29.3 Å². The Labute approximate surface area is 210 Å². The molecule has 3 aromatic rings. The molecule has 0 spiro atoms. The first-order chi connectivity index (χ1) is 17.0. The second kappa shape index (κ2) is 11.1. The quantitative estimate of drug-likeness (QED) is 0.377. The van der Waals surface area contributed by atoms with E-state index in [1.807, 2.05) is 92.7 Å². The number of thioether (sulfide) groups is 1. The minimum atomic E-state index is -0.466. The number of nitrogens with zero attached hydrogens (tertiary/aromatic N) is 2. The lowest BCUT2D eigenvalue weighted by molar-refractivity contribution is -0.117. The van der Waals surface area contributed by atoms with E-state index < -0.39 is 11.2 Å². The molecule has 6 heteroatoms. The van der Waals surface area contributed by atoms with Crippen molar-refractivity contribution in [3.05, 3.63) is 112 Å². The van der Waals surface area contributed by atoms with Crippen molar-refractivity contribution in [2.24, 2.45) is 0 Å². The number of amides is 2. The molecule has 5 nitrogen and oxygen atoms in total. The van der Waals surface area contributed by atoms with Crippen LogP contribution in [-0.4, -0.2) is 23.6 Å². The summed E-state index contributed by atoms with van der Waals surface area (Å²) in [5, 5.41) is 12.8. The van der Waals surface area contributed by atoms with Crippen LogP contribution in [0.5, 0.6) is 0 Å². The first-order valence-corrected chi connectivity index (χ1v) is 12.4. The van der Waals surface area contributed by atoms with Crippen molar-refractivity contribution in [3.63, 3.8) is 0 Å². The molecule has 0 radical (unpaired) electrons. The maximum atomic E-state index is 13.5. The molecule has 0 aromatic heterocycles. The van der Waals surface area contributed by atoms with Gasteiger partial charge in [0, 0.05) is 12.2 Å². The van der Waals surface area contributed by atoms with Crippen molar-refractivity contribution in [1.82, 2.24) is 5.32 Å². The van der Waals surface area contributed by atoms with Gasteiger partial charge in [-0.15, -0.1) is 0 Å². The summed E-state index contributed by atoms with van der Waals surface area (Å²) >= 11 is 1.29. The van der Waals surface area contributed by atoms with E-state index in [-0.39, 0.29) is 11.5 Å². The van der Waals surface area contributed by atoms with Crippen LogP contribution in [0.1, 0.15) is 22.3 Å². The van der Waals surface area contributed by atoms with Gasteiger partial charge in [0.15, 0.2) is 0 Å². The summed E-state index contributed by atoms with van der Waals surface area (Å²) in [7, 11) is 0. The Kier molecular flexibility index (Phi) is 7.69. The second-order valence-electron chi connectivity index (χ2n) is 8.59. The van der Waals surface area contributed by atoms with Gasteiger partial charge in [-0.25, -0.2) is 0 Å². The third kappa shape index (κ3) is 5.82. The van der Waals surface area contributed by atoms with Gasteiger partial charge in [0.25, 0.3) is 5.91 Å².